The van der Waals surface area contributed by atoms with Crippen molar-refractivity contribution in [2.45, 2.75) is 31.6 Å². The highest BCUT2D eigenvalue weighted by molar-refractivity contribution is 7.99. The van der Waals surface area contributed by atoms with Gasteiger partial charge in [-0.15, -0.1) is 11.8 Å². The maximum Gasteiger partial charge on any atom is 0.242 e. The van der Waals surface area contributed by atoms with Crippen molar-refractivity contribution in [1.82, 2.24) is 10.2 Å². The molecule has 0 saturated carbocycles. The number of rotatable bonds is 10. The van der Waals surface area contributed by atoms with Crippen molar-refractivity contribution in [2.75, 3.05) is 19.3 Å². The van der Waals surface area contributed by atoms with E-state index in [4.69, 9.17) is 0 Å². The average Bonchev–Trinajstić information content (AvgIpc) is 2.72. The summed E-state index contributed by atoms with van der Waals surface area (Å²) in [6.45, 7) is 2.49. The lowest BCUT2D eigenvalue weighted by molar-refractivity contribution is -0.138. The minimum absolute atomic E-state index is 0.0160. The molecule has 2 amide bonds. The Morgan fingerprint density at radius 3 is 2.15 bits per heavy atom. The van der Waals surface area contributed by atoms with Gasteiger partial charge in [0.2, 0.25) is 11.8 Å². The van der Waals surface area contributed by atoms with E-state index in [-0.39, 0.29) is 11.8 Å². The van der Waals surface area contributed by atoms with Crippen molar-refractivity contribution in [2.24, 2.45) is 0 Å². The molecule has 0 aliphatic rings. The highest BCUT2D eigenvalue weighted by Crippen LogP contribution is 2.15. The van der Waals surface area contributed by atoms with Crippen molar-refractivity contribution >= 4 is 23.6 Å². The molecule has 1 atom stereocenters. The summed E-state index contributed by atoms with van der Waals surface area (Å²) in [4.78, 5) is 26.9. The van der Waals surface area contributed by atoms with Crippen LogP contribution in [0.25, 0.3) is 0 Å². The maximum atomic E-state index is 12.9. The van der Waals surface area contributed by atoms with Crippen LogP contribution in [0.5, 0.6) is 0 Å². The SMILES string of the molecule is CC[C@@H](C(=O)NC)N(CCc1ccccc1)C(=O)CSCc1ccccc1. The first-order valence-electron chi connectivity index (χ1n) is 9.32. The predicted molar refractivity (Wildman–Crippen MR) is 113 cm³/mol. The van der Waals surface area contributed by atoms with Crippen molar-refractivity contribution in [3.63, 3.8) is 0 Å². The zero-order chi connectivity index (χ0) is 19.5. The van der Waals surface area contributed by atoms with E-state index in [1.807, 2.05) is 55.5 Å². The van der Waals surface area contributed by atoms with Crippen molar-refractivity contribution in [3.05, 3.63) is 71.8 Å². The van der Waals surface area contributed by atoms with Crippen LogP contribution >= 0.6 is 11.8 Å². The highest BCUT2D eigenvalue weighted by Gasteiger charge is 2.27. The third-order valence-electron chi connectivity index (χ3n) is 4.45. The highest BCUT2D eigenvalue weighted by atomic mass is 32.2. The molecule has 1 N–H and O–H groups in total. The predicted octanol–water partition coefficient (Wildman–Crippen LogP) is 3.52. The standard InChI is InChI=1S/C22H28N2O2S/c1-3-20(22(26)23-2)24(15-14-18-10-6-4-7-11-18)21(25)17-27-16-19-12-8-5-9-13-19/h4-13,20H,3,14-17H2,1-2H3,(H,23,26)/t20-/m0/s1. The first-order valence-corrected chi connectivity index (χ1v) is 10.5. The smallest absolute Gasteiger partial charge is 0.242 e. The van der Waals surface area contributed by atoms with Gasteiger partial charge in [-0.25, -0.2) is 0 Å². The summed E-state index contributed by atoms with van der Waals surface area (Å²) in [6, 6.07) is 19.7. The Kier molecular flexibility index (Phi) is 8.92. The van der Waals surface area contributed by atoms with Crippen LogP contribution in [0.3, 0.4) is 0 Å². The molecule has 0 saturated heterocycles. The summed E-state index contributed by atoms with van der Waals surface area (Å²) in [6.07, 6.45) is 1.34. The van der Waals surface area contributed by atoms with Crippen molar-refractivity contribution in [3.8, 4) is 0 Å². The molecule has 0 unspecified atom stereocenters. The van der Waals surface area contributed by atoms with Crippen LogP contribution in [-0.2, 0) is 21.8 Å². The summed E-state index contributed by atoms with van der Waals surface area (Å²) in [5.41, 5.74) is 2.36. The minimum Gasteiger partial charge on any atom is -0.357 e. The van der Waals surface area contributed by atoms with Crippen LogP contribution < -0.4 is 5.32 Å². The minimum atomic E-state index is -0.427. The quantitative estimate of drug-likeness (QED) is 0.682. The number of hydrogen-bond donors (Lipinski definition) is 1. The van der Waals surface area contributed by atoms with Crippen molar-refractivity contribution in [1.29, 1.82) is 0 Å². The summed E-state index contributed by atoms with van der Waals surface area (Å²) >= 11 is 1.59. The Balaban J connectivity index is 2.00. The molecule has 0 aliphatic carbocycles. The molecule has 0 heterocycles. The molecular formula is C22H28N2O2S. The zero-order valence-electron chi connectivity index (χ0n) is 16.1. The number of likely N-dealkylation sites (N-methyl/N-ethyl adjacent to an activating group) is 1. The molecule has 0 bridgehead atoms. The number of carbonyl (C=O) groups excluding carboxylic acids is 2. The third kappa shape index (κ3) is 6.75. The van der Waals surface area contributed by atoms with Crippen LogP contribution in [-0.4, -0.2) is 42.1 Å². The van der Waals surface area contributed by atoms with E-state index in [2.05, 4.69) is 17.4 Å². The number of amides is 2. The van der Waals surface area contributed by atoms with E-state index in [1.165, 1.54) is 11.1 Å². The largest absolute Gasteiger partial charge is 0.357 e. The molecule has 0 radical (unpaired) electrons. The van der Waals surface area contributed by atoms with Gasteiger partial charge in [0.25, 0.3) is 0 Å². The second-order valence-corrected chi connectivity index (χ2v) is 7.33. The van der Waals surface area contributed by atoms with Crippen LogP contribution in [0, 0.1) is 0 Å². The first kappa shape index (κ1) is 21.0. The summed E-state index contributed by atoms with van der Waals surface area (Å²) in [5.74, 6) is 1.07. The fourth-order valence-electron chi connectivity index (χ4n) is 2.98. The van der Waals surface area contributed by atoms with Gasteiger partial charge in [-0.2, -0.15) is 0 Å². The number of nitrogens with zero attached hydrogens (tertiary/aromatic N) is 1. The molecule has 0 fully saturated rings. The molecule has 2 aromatic rings. The molecule has 4 nitrogen and oxygen atoms in total. The van der Waals surface area contributed by atoms with Crippen molar-refractivity contribution < 1.29 is 9.59 Å². The Morgan fingerprint density at radius 1 is 1.00 bits per heavy atom. The second-order valence-electron chi connectivity index (χ2n) is 6.34. The topological polar surface area (TPSA) is 49.4 Å². The Labute approximate surface area is 166 Å². The van der Waals surface area contributed by atoms with Gasteiger partial charge in [-0.05, 0) is 24.0 Å². The van der Waals surface area contributed by atoms with E-state index >= 15 is 0 Å². The number of benzene rings is 2. The molecular weight excluding hydrogens is 356 g/mol. The van der Waals surface area contributed by atoms with Crippen LogP contribution in [0.2, 0.25) is 0 Å². The summed E-state index contributed by atoms with van der Waals surface area (Å²) in [5, 5.41) is 2.69. The molecule has 144 valence electrons. The van der Waals surface area contributed by atoms with Gasteiger partial charge in [0.15, 0.2) is 0 Å². The average molecular weight is 385 g/mol. The van der Waals surface area contributed by atoms with Crippen LogP contribution in [0.15, 0.2) is 60.7 Å². The fraction of sp³-hybridized carbons (Fsp3) is 0.364. The number of nitrogens with one attached hydrogen (secondary N) is 1. The van der Waals surface area contributed by atoms with Crippen LogP contribution in [0.4, 0.5) is 0 Å². The maximum absolute atomic E-state index is 12.9. The monoisotopic (exact) mass is 384 g/mol. The van der Waals surface area contributed by atoms with Gasteiger partial charge < -0.3 is 10.2 Å². The first-order chi connectivity index (χ1) is 13.2. The van der Waals surface area contributed by atoms with E-state index < -0.39 is 6.04 Å². The zero-order valence-corrected chi connectivity index (χ0v) is 16.9. The normalized spacial score (nSPS) is 11.6. The number of carbonyl (C=O) groups is 2. The van der Waals surface area contributed by atoms with E-state index in [1.54, 1.807) is 23.7 Å². The molecule has 27 heavy (non-hydrogen) atoms. The van der Waals surface area contributed by atoms with E-state index in [9.17, 15) is 9.59 Å². The van der Waals surface area contributed by atoms with Gasteiger partial charge in [0, 0.05) is 19.3 Å². The van der Waals surface area contributed by atoms with Gasteiger partial charge >= 0.3 is 0 Å². The van der Waals surface area contributed by atoms with E-state index in [0.717, 1.165) is 12.2 Å². The van der Waals surface area contributed by atoms with Crippen LogP contribution in [0.1, 0.15) is 24.5 Å². The van der Waals surface area contributed by atoms with Gasteiger partial charge in [0.1, 0.15) is 6.04 Å². The number of thioether (sulfide) groups is 1. The lowest BCUT2D eigenvalue weighted by Gasteiger charge is -2.30. The Morgan fingerprint density at radius 2 is 1.59 bits per heavy atom. The molecule has 0 aromatic heterocycles. The third-order valence-corrected chi connectivity index (χ3v) is 5.44. The molecule has 5 heteroatoms. The Bertz CT molecular complexity index is 707. The Hall–Kier alpha value is -2.27. The molecule has 0 aliphatic heterocycles. The number of hydrogen-bond acceptors (Lipinski definition) is 3. The molecule has 0 spiro atoms. The second kappa shape index (κ2) is 11.4. The summed E-state index contributed by atoms with van der Waals surface area (Å²) < 4.78 is 0. The van der Waals surface area contributed by atoms with Gasteiger partial charge in [-0.3, -0.25) is 9.59 Å². The fourth-order valence-corrected chi connectivity index (χ4v) is 3.85. The lowest BCUT2D eigenvalue weighted by Crippen LogP contribution is -2.50. The molecule has 2 rings (SSSR count). The molecule has 2 aromatic carbocycles. The lowest BCUT2D eigenvalue weighted by atomic mass is 10.1. The van der Waals surface area contributed by atoms with E-state index in [0.29, 0.717) is 18.7 Å². The van der Waals surface area contributed by atoms with Gasteiger partial charge in [-0.1, -0.05) is 67.6 Å². The van der Waals surface area contributed by atoms with Gasteiger partial charge in [0.05, 0.1) is 5.75 Å². The summed E-state index contributed by atoms with van der Waals surface area (Å²) in [7, 11) is 1.62.